The van der Waals surface area contributed by atoms with Crippen LogP contribution in [0.3, 0.4) is 0 Å². The summed E-state index contributed by atoms with van der Waals surface area (Å²) in [4.78, 5) is 60.9. The van der Waals surface area contributed by atoms with E-state index in [1.165, 1.54) is 25.1 Å². The fourth-order valence-corrected chi connectivity index (χ4v) is 2.61. The summed E-state index contributed by atoms with van der Waals surface area (Å²) in [5, 5.41) is 5.13. The lowest BCUT2D eigenvalue weighted by Crippen LogP contribution is -2.55. The van der Waals surface area contributed by atoms with Crippen molar-refractivity contribution >= 4 is 23.2 Å². The Kier molecular flexibility index (Phi) is 6.85. The minimum atomic E-state index is -0.914. The second kappa shape index (κ2) is 9.31. The molecule has 10 nitrogen and oxygen atoms in total. The number of carbonyl (C=O) groups excluding carboxylic acids is 2. The standard InChI is InChI=1S/C19H21N5O5/c1-4-9-22-17(27)23(10-5-2)19(29)24(18(22)28)12-16(26)21-15-8-6-7-14(11-15)20-13(3)25/h4-8,11H,1-2,9-10,12H2,3H3,(H,20,25)(H,21,26). The lowest BCUT2D eigenvalue weighted by atomic mass is 10.2. The van der Waals surface area contributed by atoms with E-state index in [2.05, 4.69) is 23.8 Å². The molecule has 0 saturated carbocycles. The molecule has 0 aliphatic heterocycles. The summed E-state index contributed by atoms with van der Waals surface area (Å²) in [5.74, 6) is -0.926. The van der Waals surface area contributed by atoms with Gasteiger partial charge in [-0.05, 0) is 18.2 Å². The van der Waals surface area contributed by atoms with Crippen LogP contribution in [0, 0.1) is 0 Å². The second-order valence-electron chi connectivity index (χ2n) is 6.04. The number of nitrogens with zero attached hydrogens (tertiary/aromatic N) is 3. The first kappa shape index (κ1) is 21.4. The number of benzene rings is 1. The van der Waals surface area contributed by atoms with Crippen LogP contribution in [-0.2, 0) is 29.2 Å². The highest BCUT2D eigenvalue weighted by atomic mass is 16.2. The maximum atomic E-state index is 12.5. The van der Waals surface area contributed by atoms with E-state index in [0.29, 0.717) is 15.9 Å². The van der Waals surface area contributed by atoms with Gasteiger partial charge in [0.1, 0.15) is 6.54 Å². The van der Waals surface area contributed by atoms with Crippen molar-refractivity contribution < 1.29 is 9.59 Å². The number of hydrogen-bond donors (Lipinski definition) is 2. The van der Waals surface area contributed by atoms with Crippen LogP contribution in [-0.4, -0.2) is 25.5 Å². The SMILES string of the molecule is C=CCn1c(=O)n(CC=C)c(=O)n(CC(=O)Nc2cccc(NC(C)=O)c2)c1=O. The molecule has 0 aliphatic rings. The molecule has 2 amide bonds. The highest BCUT2D eigenvalue weighted by molar-refractivity contribution is 5.93. The molecule has 0 unspecified atom stereocenters. The summed E-state index contributed by atoms with van der Waals surface area (Å²) in [7, 11) is 0. The van der Waals surface area contributed by atoms with Crippen molar-refractivity contribution in [2.75, 3.05) is 10.6 Å². The molecule has 2 N–H and O–H groups in total. The minimum Gasteiger partial charge on any atom is -0.326 e. The van der Waals surface area contributed by atoms with Crippen LogP contribution in [0.15, 0.2) is 64.0 Å². The monoisotopic (exact) mass is 399 g/mol. The van der Waals surface area contributed by atoms with Crippen molar-refractivity contribution in [1.29, 1.82) is 0 Å². The van der Waals surface area contributed by atoms with Crippen LogP contribution in [0.2, 0.25) is 0 Å². The second-order valence-corrected chi connectivity index (χ2v) is 6.04. The van der Waals surface area contributed by atoms with Crippen LogP contribution in [0.5, 0.6) is 0 Å². The van der Waals surface area contributed by atoms with Crippen molar-refractivity contribution in [3.05, 3.63) is 81.0 Å². The molecule has 2 rings (SSSR count). The molecular weight excluding hydrogens is 378 g/mol. The number of hydrogen-bond acceptors (Lipinski definition) is 5. The summed E-state index contributed by atoms with van der Waals surface area (Å²) in [6, 6.07) is 6.37. The molecule has 1 aromatic carbocycles. The van der Waals surface area contributed by atoms with Crippen LogP contribution in [0.4, 0.5) is 11.4 Å². The van der Waals surface area contributed by atoms with Gasteiger partial charge in [-0.3, -0.25) is 9.59 Å². The van der Waals surface area contributed by atoms with Crippen molar-refractivity contribution in [1.82, 2.24) is 13.7 Å². The Labute approximate surface area is 165 Å². The molecule has 152 valence electrons. The molecule has 0 atom stereocenters. The zero-order chi connectivity index (χ0) is 21.6. The van der Waals surface area contributed by atoms with Crippen molar-refractivity contribution in [2.45, 2.75) is 26.6 Å². The van der Waals surface area contributed by atoms with Crippen LogP contribution in [0.25, 0.3) is 0 Å². The molecule has 0 radical (unpaired) electrons. The lowest BCUT2D eigenvalue weighted by Gasteiger charge is -2.12. The van der Waals surface area contributed by atoms with Crippen LogP contribution >= 0.6 is 0 Å². The molecule has 0 aliphatic carbocycles. The molecule has 1 aromatic heterocycles. The fourth-order valence-electron chi connectivity index (χ4n) is 2.61. The largest absolute Gasteiger partial charge is 0.337 e. The minimum absolute atomic E-state index is 0.116. The summed E-state index contributed by atoms with van der Waals surface area (Å²) >= 11 is 0. The molecule has 0 fully saturated rings. The summed E-state index contributed by atoms with van der Waals surface area (Å²) in [6.45, 7) is 7.49. The first-order valence-electron chi connectivity index (χ1n) is 8.62. The van der Waals surface area contributed by atoms with Gasteiger partial charge in [-0.15, -0.1) is 13.2 Å². The fraction of sp³-hybridized carbons (Fsp3) is 0.211. The van der Waals surface area contributed by atoms with E-state index < -0.39 is 29.5 Å². The Morgan fingerprint density at radius 2 is 1.38 bits per heavy atom. The van der Waals surface area contributed by atoms with Gasteiger partial charge in [-0.2, -0.15) is 0 Å². The Morgan fingerprint density at radius 3 is 1.86 bits per heavy atom. The number of allylic oxidation sites excluding steroid dienone is 2. The van der Waals surface area contributed by atoms with Gasteiger partial charge in [0, 0.05) is 18.3 Å². The van der Waals surface area contributed by atoms with Gasteiger partial charge in [-0.1, -0.05) is 18.2 Å². The first-order chi connectivity index (χ1) is 13.8. The average molecular weight is 399 g/mol. The van der Waals surface area contributed by atoms with E-state index in [0.717, 1.165) is 9.13 Å². The number of carbonyl (C=O) groups is 2. The Balaban J connectivity index is 2.37. The number of nitrogens with one attached hydrogen (secondary N) is 2. The normalized spacial score (nSPS) is 10.2. The quantitative estimate of drug-likeness (QED) is 0.611. The number of amides is 2. The van der Waals surface area contributed by atoms with Gasteiger partial charge in [0.2, 0.25) is 11.8 Å². The van der Waals surface area contributed by atoms with E-state index in [9.17, 15) is 24.0 Å². The summed E-state index contributed by atoms with van der Waals surface area (Å²) in [6.07, 6.45) is 2.67. The molecule has 10 heteroatoms. The van der Waals surface area contributed by atoms with Crippen molar-refractivity contribution in [2.24, 2.45) is 0 Å². The number of rotatable bonds is 8. The van der Waals surface area contributed by atoms with E-state index in [1.54, 1.807) is 18.2 Å². The predicted octanol–water partition coefficient (Wildman–Crippen LogP) is 0.141. The average Bonchev–Trinajstić information content (AvgIpc) is 2.65. The van der Waals surface area contributed by atoms with Gasteiger partial charge in [0.15, 0.2) is 0 Å². The van der Waals surface area contributed by atoms with E-state index >= 15 is 0 Å². The highest BCUT2D eigenvalue weighted by Gasteiger charge is 2.16. The molecule has 0 bridgehead atoms. The van der Waals surface area contributed by atoms with Gasteiger partial charge < -0.3 is 10.6 Å². The number of aromatic nitrogens is 3. The van der Waals surface area contributed by atoms with E-state index in [1.807, 2.05) is 0 Å². The van der Waals surface area contributed by atoms with Gasteiger partial charge >= 0.3 is 17.1 Å². The molecular formula is C19H21N5O5. The number of anilines is 2. The van der Waals surface area contributed by atoms with Crippen LogP contribution < -0.4 is 27.7 Å². The third-order valence-electron chi connectivity index (χ3n) is 3.78. The molecule has 0 saturated heterocycles. The lowest BCUT2D eigenvalue weighted by molar-refractivity contribution is -0.117. The Bertz CT molecular complexity index is 1090. The van der Waals surface area contributed by atoms with Crippen molar-refractivity contribution in [3.8, 4) is 0 Å². The third kappa shape index (κ3) is 5.06. The molecule has 0 spiro atoms. The summed E-state index contributed by atoms with van der Waals surface area (Å²) in [5.41, 5.74) is -1.80. The predicted molar refractivity (Wildman–Crippen MR) is 109 cm³/mol. The topological polar surface area (TPSA) is 124 Å². The van der Waals surface area contributed by atoms with Gasteiger partial charge in [0.05, 0.1) is 13.1 Å². The van der Waals surface area contributed by atoms with E-state index in [4.69, 9.17) is 0 Å². The maximum Gasteiger partial charge on any atom is 0.337 e. The Morgan fingerprint density at radius 1 is 0.897 bits per heavy atom. The third-order valence-corrected chi connectivity index (χ3v) is 3.78. The maximum absolute atomic E-state index is 12.5. The Hall–Kier alpha value is -3.95. The molecule has 1 heterocycles. The molecule has 2 aromatic rings. The van der Waals surface area contributed by atoms with Crippen LogP contribution in [0.1, 0.15) is 6.92 Å². The van der Waals surface area contributed by atoms with Gasteiger partial charge in [0.25, 0.3) is 0 Å². The highest BCUT2D eigenvalue weighted by Crippen LogP contribution is 2.14. The van der Waals surface area contributed by atoms with Gasteiger partial charge in [-0.25, -0.2) is 28.1 Å². The summed E-state index contributed by atoms with van der Waals surface area (Å²) < 4.78 is 2.28. The molecule has 29 heavy (non-hydrogen) atoms. The van der Waals surface area contributed by atoms with Crippen molar-refractivity contribution in [3.63, 3.8) is 0 Å². The smallest absolute Gasteiger partial charge is 0.326 e. The zero-order valence-corrected chi connectivity index (χ0v) is 15.9. The first-order valence-corrected chi connectivity index (χ1v) is 8.62. The zero-order valence-electron chi connectivity index (χ0n) is 15.9. The van der Waals surface area contributed by atoms with E-state index in [-0.39, 0.29) is 19.0 Å².